The Balaban J connectivity index is 3.84. The number of unbranched alkanes of at least 4 members (excludes halogenated alkanes) is 10. The van der Waals surface area contributed by atoms with Crippen LogP contribution >= 0.6 is 0 Å². The van der Waals surface area contributed by atoms with Gasteiger partial charge < -0.3 is 4.11 Å². The largest absolute Gasteiger partial charge is 0.314 e. The first-order valence-electron chi connectivity index (χ1n) is 13.0. The summed E-state index contributed by atoms with van der Waals surface area (Å²) >= 11 is 0. The van der Waals surface area contributed by atoms with Gasteiger partial charge in [-0.2, -0.15) is 0 Å². The third-order valence-corrected chi connectivity index (χ3v) is 12.0. The second kappa shape index (κ2) is 21.5. The van der Waals surface area contributed by atoms with Crippen LogP contribution in [-0.2, 0) is 0 Å². The van der Waals surface area contributed by atoms with E-state index in [4.69, 9.17) is 0 Å². The van der Waals surface area contributed by atoms with Crippen LogP contribution in [0.5, 0.6) is 0 Å². The molecule has 29 heavy (non-hydrogen) atoms. The molecule has 0 saturated heterocycles. The van der Waals surface area contributed by atoms with Crippen molar-refractivity contribution in [2.24, 2.45) is 0 Å². The van der Waals surface area contributed by atoms with Crippen LogP contribution in [0.15, 0.2) is 0 Å². The minimum Gasteiger partial charge on any atom is -0.314 e. The van der Waals surface area contributed by atoms with Crippen molar-refractivity contribution >= 4 is 17.9 Å². The molecule has 0 fully saturated rings. The Morgan fingerprint density at radius 3 is 1.72 bits per heavy atom. The molecule has 0 heterocycles. The van der Waals surface area contributed by atoms with Crippen LogP contribution in [0.3, 0.4) is 0 Å². The number of halogens is 3. The van der Waals surface area contributed by atoms with E-state index in [0.29, 0.717) is 19.3 Å². The first-order chi connectivity index (χ1) is 14.1. The molecule has 0 aliphatic heterocycles. The lowest BCUT2D eigenvalue weighted by Crippen LogP contribution is -2.28. The first-order valence-corrected chi connectivity index (χ1v) is 17.5. The van der Waals surface area contributed by atoms with E-state index < -0.39 is 14.6 Å². The van der Waals surface area contributed by atoms with Gasteiger partial charge in [-0.1, -0.05) is 96.9 Å². The predicted molar refractivity (Wildman–Crippen MR) is 131 cm³/mol. The van der Waals surface area contributed by atoms with Crippen LogP contribution in [0, 0.1) is 0 Å². The maximum Gasteiger partial charge on any atom is 0.247 e. The lowest BCUT2D eigenvalue weighted by Gasteiger charge is -2.22. The summed E-state index contributed by atoms with van der Waals surface area (Å²) in [7, 11) is -2.82. The minimum atomic E-state index is -2.52. The standard InChI is InChI=1S/C24H51F3Si2/c1-3-5-7-14-20-29(27,21-15-8-6-4-2)22-16-10-9-13-19-28-23-24(26)17-11-12-18-25/h24H,3-23,28H2,1-2H3. The summed E-state index contributed by atoms with van der Waals surface area (Å²) < 4.78 is 41.3. The van der Waals surface area contributed by atoms with Crippen LogP contribution in [0.25, 0.3) is 0 Å². The van der Waals surface area contributed by atoms with Crippen LogP contribution in [0.2, 0.25) is 30.2 Å². The van der Waals surface area contributed by atoms with Crippen molar-refractivity contribution < 1.29 is 12.9 Å². The molecular weight excluding hydrogens is 401 g/mol. The number of hydrogen-bond donors (Lipinski definition) is 0. The second-order valence-electron chi connectivity index (χ2n) is 9.21. The van der Waals surface area contributed by atoms with Gasteiger partial charge in [0.15, 0.2) is 0 Å². The average Bonchev–Trinajstić information content (AvgIpc) is 2.71. The van der Waals surface area contributed by atoms with Crippen molar-refractivity contribution in [3.05, 3.63) is 0 Å². The summed E-state index contributed by atoms with van der Waals surface area (Å²) in [5.41, 5.74) is 0. The average molecular weight is 453 g/mol. The molecule has 5 heteroatoms. The number of rotatable bonds is 23. The van der Waals surface area contributed by atoms with Crippen molar-refractivity contribution in [1.82, 2.24) is 0 Å². The molecule has 0 aromatic heterocycles. The maximum atomic E-state index is 15.6. The summed E-state index contributed by atoms with van der Waals surface area (Å²) in [4.78, 5) is 0. The van der Waals surface area contributed by atoms with Crippen molar-refractivity contribution in [3.8, 4) is 0 Å². The van der Waals surface area contributed by atoms with Gasteiger partial charge >= 0.3 is 0 Å². The van der Waals surface area contributed by atoms with Gasteiger partial charge in [0.1, 0.15) is 0 Å². The van der Waals surface area contributed by atoms with Gasteiger partial charge in [0.25, 0.3) is 0 Å². The topological polar surface area (TPSA) is 0 Å². The molecule has 1 atom stereocenters. The fourth-order valence-electron chi connectivity index (χ4n) is 4.23. The van der Waals surface area contributed by atoms with Gasteiger partial charge in [-0.15, -0.1) is 0 Å². The Morgan fingerprint density at radius 2 is 1.21 bits per heavy atom. The molecule has 0 bridgehead atoms. The molecule has 1 unspecified atom stereocenters. The molecule has 0 aliphatic rings. The Hall–Kier alpha value is 0.224. The smallest absolute Gasteiger partial charge is 0.247 e. The Morgan fingerprint density at radius 1 is 0.690 bits per heavy atom. The van der Waals surface area contributed by atoms with Gasteiger partial charge in [0.2, 0.25) is 8.41 Å². The zero-order valence-electron chi connectivity index (χ0n) is 19.8. The zero-order valence-corrected chi connectivity index (χ0v) is 22.2. The fraction of sp³-hybridized carbons (Fsp3) is 1.00. The van der Waals surface area contributed by atoms with E-state index in [0.717, 1.165) is 49.9 Å². The van der Waals surface area contributed by atoms with Crippen molar-refractivity contribution in [1.29, 1.82) is 0 Å². The molecule has 0 rings (SSSR count). The number of alkyl halides is 2. The molecule has 0 aromatic rings. The Labute approximate surface area is 184 Å². The molecular formula is C24H51F3Si2. The van der Waals surface area contributed by atoms with E-state index in [1.165, 1.54) is 57.4 Å². The zero-order chi connectivity index (χ0) is 21.6. The fourth-order valence-corrected chi connectivity index (χ4v) is 9.36. The molecule has 0 nitrogen and oxygen atoms in total. The minimum absolute atomic E-state index is 0.299. The lowest BCUT2D eigenvalue weighted by molar-refractivity contribution is 0.323. The van der Waals surface area contributed by atoms with E-state index in [-0.39, 0.29) is 16.2 Å². The second-order valence-corrected chi connectivity index (χ2v) is 15.0. The van der Waals surface area contributed by atoms with Gasteiger partial charge in [0, 0.05) is 9.52 Å². The number of hydrogen-bond acceptors (Lipinski definition) is 0. The summed E-state index contributed by atoms with van der Waals surface area (Å²) in [6.45, 7) is 4.12. The van der Waals surface area contributed by atoms with E-state index in [1.807, 2.05) is 0 Å². The van der Waals surface area contributed by atoms with Crippen molar-refractivity contribution in [3.63, 3.8) is 0 Å². The summed E-state index contributed by atoms with van der Waals surface area (Å²) in [5.74, 6) is 0. The van der Waals surface area contributed by atoms with Gasteiger partial charge in [-0.25, -0.2) is 4.39 Å². The van der Waals surface area contributed by atoms with Crippen molar-refractivity contribution in [2.75, 3.05) is 6.67 Å². The highest BCUT2D eigenvalue weighted by atomic mass is 28.4. The van der Waals surface area contributed by atoms with Crippen LogP contribution < -0.4 is 0 Å². The monoisotopic (exact) mass is 452 g/mol. The van der Waals surface area contributed by atoms with Crippen molar-refractivity contribution in [2.45, 2.75) is 147 Å². The van der Waals surface area contributed by atoms with E-state index >= 15 is 4.11 Å². The molecule has 176 valence electrons. The highest BCUT2D eigenvalue weighted by Crippen LogP contribution is 2.30. The third kappa shape index (κ3) is 19.9. The Kier molecular flexibility index (Phi) is 21.6. The van der Waals surface area contributed by atoms with Crippen LogP contribution in [0.4, 0.5) is 12.9 Å². The molecule has 0 N–H and O–H groups in total. The van der Waals surface area contributed by atoms with Gasteiger partial charge in [-0.3, -0.25) is 4.39 Å². The highest BCUT2D eigenvalue weighted by Gasteiger charge is 2.32. The molecule has 0 spiro atoms. The SMILES string of the molecule is CCCCCC[Si](F)(CCCCCC)CCCCCC[SiH2]CC(F)CCCCF. The quantitative estimate of drug-likeness (QED) is 0.0823. The molecule has 0 aliphatic carbocycles. The predicted octanol–water partition coefficient (Wildman–Crippen LogP) is 9.11. The Bertz CT molecular complexity index is 317. The van der Waals surface area contributed by atoms with E-state index in [2.05, 4.69) is 13.8 Å². The maximum absolute atomic E-state index is 15.6. The molecule has 0 saturated carbocycles. The summed E-state index contributed by atoms with van der Waals surface area (Å²) in [6.07, 6.45) is 15.3. The van der Waals surface area contributed by atoms with Gasteiger partial charge in [0.05, 0.1) is 12.8 Å². The molecule has 0 radical (unpaired) electrons. The van der Waals surface area contributed by atoms with Crippen LogP contribution in [-0.4, -0.2) is 30.8 Å². The first kappa shape index (κ1) is 29.2. The molecule has 0 aromatic carbocycles. The lowest BCUT2D eigenvalue weighted by atomic mass is 10.2. The summed E-state index contributed by atoms with van der Waals surface area (Å²) in [6, 6.07) is 4.65. The molecule has 0 amide bonds. The van der Waals surface area contributed by atoms with E-state index in [9.17, 15) is 8.78 Å². The van der Waals surface area contributed by atoms with E-state index in [1.54, 1.807) is 0 Å². The summed E-state index contributed by atoms with van der Waals surface area (Å²) in [5, 5.41) is 0. The van der Waals surface area contributed by atoms with Crippen LogP contribution in [0.1, 0.15) is 110 Å². The van der Waals surface area contributed by atoms with Gasteiger partial charge in [-0.05, 0) is 43.4 Å². The third-order valence-electron chi connectivity index (χ3n) is 6.25. The highest BCUT2D eigenvalue weighted by molar-refractivity contribution is 6.73. The normalized spacial score (nSPS) is 13.6.